The minimum atomic E-state index is 0.148. The summed E-state index contributed by atoms with van der Waals surface area (Å²) in [6.45, 7) is 2.40. The fourth-order valence-electron chi connectivity index (χ4n) is 1.55. The van der Waals surface area contributed by atoms with Crippen LogP contribution >= 0.6 is 31.9 Å². The molecule has 0 radical (unpaired) electrons. The van der Waals surface area contributed by atoms with Crippen LogP contribution in [0.1, 0.15) is 24.0 Å². The number of hydrogen-bond donors (Lipinski definition) is 2. The van der Waals surface area contributed by atoms with Crippen molar-refractivity contribution in [3.8, 4) is 0 Å². The highest BCUT2D eigenvalue weighted by atomic mass is 79.9. The molecule has 0 atom stereocenters. The molecule has 0 unspecified atom stereocenters. The fraction of sp³-hybridized carbons (Fsp3) is 0.571. The van der Waals surface area contributed by atoms with Crippen LogP contribution in [0.4, 0.5) is 0 Å². The second-order valence-electron chi connectivity index (χ2n) is 4.29. The molecule has 0 saturated carbocycles. The van der Waals surface area contributed by atoms with Crippen LogP contribution in [-0.4, -0.2) is 36.6 Å². The van der Waals surface area contributed by atoms with Gasteiger partial charge in [-0.25, -0.2) is 0 Å². The van der Waals surface area contributed by atoms with Gasteiger partial charge in [-0.2, -0.15) is 0 Å². The first-order valence-corrected chi connectivity index (χ1v) is 8.11. The molecule has 20 heavy (non-hydrogen) atoms. The second kappa shape index (κ2) is 10.7. The van der Waals surface area contributed by atoms with Crippen molar-refractivity contribution in [1.82, 2.24) is 0 Å². The maximum atomic E-state index is 8.69. The molecule has 0 saturated heterocycles. The quantitative estimate of drug-likeness (QED) is 0.581. The predicted molar refractivity (Wildman–Crippen MR) is 84.6 cm³/mol. The van der Waals surface area contributed by atoms with Gasteiger partial charge in [0.15, 0.2) is 0 Å². The summed E-state index contributed by atoms with van der Waals surface area (Å²) in [4.78, 5) is 0. The summed E-state index contributed by atoms with van der Waals surface area (Å²) in [6, 6.07) is 4.02. The Morgan fingerprint density at radius 2 is 1.20 bits per heavy atom. The zero-order chi connectivity index (χ0) is 14.8. The molecule has 0 heterocycles. The molecular formula is C14H20Br2O4. The van der Waals surface area contributed by atoms with Crippen molar-refractivity contribution >= 4 is 31.9 Å². The number of rotatable bonds is 10. The number of benzene rings is 1. The topological polar surface area (TPSA) is 58.9 Å². The largest absolute Gasteiger partial charge is 0.396 e. The molecule has 0 spiro atoms. The summed E-state index contributed by atoms with van der Waals surface area (Å²) in [7, 11) is 0. The van der Waals surface area contributed by atoms with Gasteiger partial charge in [0.05, 0.1) is 13.2 Å². The van der Waals surface area contributed by atoms with E-state index >= 15 is 0 Å². The molecule has 1 aromatic carbocycles. The van der Waals surface area contributed by atoms with Gasteiger partial charge in [-0.3, -0.25) is 0 Å². The molecule has 2 N–H and O–H groups in total. The van der Waals surface area contributed by atoms with E-state index in [1.165, 1.54) is 0 Å². The van der Waals surface area contributed by atoms with Crippen LogP contribution in [0.25, 0.3) is 0 Å². The Morgan fingerprint density at radius 1 is 0.800 bits per heavy atom. The zero-order valence-corrected chi connectivity index (χ0v) is 14.5. The van der Waals surface area contributed by atoms with E-state index in [-0.39, 0.29) is 13.2 Å². The van der Waals surface area contributed by atoms with Gasteiger partial charge < -0.3 is 19.7 Å². The minimum Gasteiger partial charge on any atom is -0.396 e. The van der Waals surface area contributed by atoms with Gasteiger partial charge in [-0.1, -0.05) is 31.9 Å². The Bertz CT molecular complexity index is 361. The van der Waals surface area contributed by atoms with Crippen LogP contribution in [0.2, 0.25) is 0 Å². The lowest BCUT2D eigenvalue weighted by Crippen LogP contribution is -2.01. The van der Waals surface area contributed by atoms with E-state index in [4.69, 9.17) is 19.7 Å². The highest BCUT2D eigenvalue weighted by molar-refractivity contribution is 9.11. The Balaban J connectivity index is 2.52. The minimum absolute atomic E-state index is 0.148. The second-order valence-corrected chi connectivity index (χ2v) is 6.00. The van der Waals surface area contributed by atoms with E-state index in [9.17, 15) is 0 Å². The Labute approximate surface area is 136 Å². The SMILES string of the molecule is OCCCOCc1cc(Br)c(COCCCO)cc1Br. The molecule has 114 valence electrons. The molecule has 6 heteroatoms. The standard InChI is InChI=1S/C14H20Br2O4/c15-13-8-12(10-20-6-2-4-18)14(16)7-11(13)9-19-5-1-3-17/h7-8,17-18H,1-6,9-10H2. The molecule has 0 aliphatic rings. The summed E-state index contributed by atoms with van der Waals surface area (Å²) in [5, 5.41) is 17.4. The first-order chi connectivity index (χ1) is 9.69. The molecule has 0 aliphatic carbocycles. The number of hydrogen-bond acceptors (Lipinski definition) is 4. The average molecular weight is 412 g/mol. The van der Waals surface area contributed by atoms with E-state index < -0.39 is 0 Å². The maximum Gasteiger partial charge on any atom is 0.0728 e. The van der Waals surface area contributed by atoms with Crippen molar-refractivity contribution < 1.29 is 19.7 Å². The number of aliphatic hydroxyl groups excluding tert-OH is 2. The fourth-order valence-corrected chi connectivity index (χ4v) is 2.56. The van der Waals surface area contributed by atoms with Crippen molar-refractivity contribution in [1.29, 1.82) is 0 Å². The molecular weight excluding hydrogens is 392 g/mol. The summed E-state index contributed by atoms with van der Waals surface area (Å²) in [6.07, 6.45) is 1.30. The van der Waals surface area contributed by atoms with Crippen LogP contribution < -0.4 is 0 Å². The third-order valence-electron chi connectivity index (χ3n) is 2.62. The molecule has 1 aromatic rings. The third-order valence-corrected chi connectivity index (χ3v) is 4.10. The molecule has 0 amide bonds. The lowest BCUT2D eigenvalue weighted by Gasteiger charge is -2.11. The normalized spacial score (nSPS) is 11.0. The van der Waals surface area contributed by atoms with E-state index in [2.05, 4.69) is 31.9 Å². The Hall–Kier alpha value is 0.0200. The summed E-state index contributed by atoms with van der Waals surface area (Å²) in [5.74, 6) is 0. The zero-order valence-electron chi connectivity index (χ0n) is 11.3. The van der Waals surface area contributed by atoms with Crippen molar-refractivity contribution in [2.45, 2.75) is 26.1 Å². The van der Waals surface area contributed by atoms with Crippen LogP contribution in [0.3, 0.4) is 0 Å². The van der Waals surface area contributed by atoms with E-state index in [0.717, 1.165) is 20.1 Å². The Morgan fingerprint density at radius 3 is 1.55 bits per heavy atom. The highest BCUT2D eigenvalue weighted by Crippen LogP contribution is 2.27. The van der Waals surface area contributed by atoms with E-state index in [1.54, 1.807) is 0 Å². The van der Waals surface area contributed by atoms with E-state index in [1.807, 2.05) is 12.1 Å². The number of halogens is 2. The number of ether oxygens (including phenoxy) is 2. The lowest BCUT2D eigenvalue weighted by molar-refractivity contribution is 0.102. The van der Waals surface area contributed by atoms with Gasteiger partial charge in [0.25, 0.3) is 0 Å². The Kier molecular flexibility index (Phi) is 9.67. The van der Waals surface area contributed by atoms with Crippen LogP contribution in [-0.2, 0) is 22.7 Å². The summed E-state index contributed by atoms with van der Waals surface area (Å²) >= 11 is 7.05. The molecule has 0 bridgehead atoms. The third kappa shape index (κ3) is 6.65. The maximum absolute atomic E-state index is 8.69. The van der Waals surface area contributed by atoms with Gasteiger partial charge in [0.1, 0.15) is 0 Å². The van der Waals surface area contributed by atoms with Gasteiger partial charge in [-0.15, -0.1) is 0 Å². The van der Waals surface area contributed by atoms with Gasteiger partial charge in [0, 0.05) is 35.4 Å². The van der Waals surface area contributed by atoms with Crippen LogP contribution in [0.15, 0.2) is 21.1 Å². The van der Waals surface area contributed by atoms with Crippen LogP contribution in [0.5, 0.6) is 0 Å². The van der Waals surface area contributed by atoms with Gasteiger partial charge in [0.2, 0.25) is 0 Å². The molecule has 1 rings (SSSR count). The molecule has 4 nitrogen and oxygen atoms in total. The van der Waals surface area contributed by atoms with Gasteiger partial charge in [-0.05, 0) is 36.1 Å². The molecule has 0 aromatic heterocycles. The number of aliphatic hydroxyl groups is 2. The molecule has 0 aliphatic heterocycles. The van der Waals surface area contributed by atoms with Crippen molar-refractivity contribution in [2.24, 2.45) is 0 Å². The monoisotopic (exact) mass is 410 g/mol. The average Bonchev–Trinajstić information content (AvgIpc) is 2.44. The molecule has 0 fully saturated rings. The predicted octanol–water partition coefficient (Wildman–Crippen LogP) is 3.01. The summed E-state index contributed by atoms with van der Waals surface area (Å²) < 4.78 is 12.9. The van der Waals surface area contributed by atoms with Crippen molar-refractivity contribution in [3.05, 3.63) is 32.2 Å². The van der Waals surface area contributed by atoms with Crippen molar-refractivity contribution in [3.63, 3.8) is 0 Å². The first-order valence-electron chi connectivity index (χ1n) is 6.53. The van der Waals surface area contributed by atoms with E-state index in [0.29, 0.717) is 39.3 Å². The smallest absolute Gasteiger partial charge is 0.0728 e. The lowest BCUT2D eigenvalue weighted by atomic mass is 10.1. The summed E-state index contributed by atoms with van der Waals surface area (Å²) in [5.41, 5.74) is 2.10. The van der Waals surface area contributed by atoms with Crippen molar-refractivity contribution in [2.75, 3.05) is 26.4 Å². The first kappa shape index (κ1) is 18.1. The van der Waals surface area contributed by atoms with Gasteiger partial charge >= 0.3 is 0 Å². The van der Waals surface area contributed by atoms with Crippen LogP contribution in [0, 0.1) is 0 Å². The highest BCUT2D eigenvalue weighted by Gasteiger charge is 2.07.